The maximum absolute atomic E-state index is 5.80. The van der Waals surface area contributed by atoms with Crippen LogP contribution in [-0.4, -0.2) is 26.9 Å². The van der Waals surface area contributed by atoms with Gasteiger partial charge in [-0.3, -0.25) is 0 Å². The van der Waals surface area contributed by atoms with Gasteiger partial charge in [-0.15, -0.1) is 0 Å². The van der Waals surface area contributed by atoms with Gasteiger partial charge in [0.1, 0.15) is 5.75 Å². The van der Waals surface area contributed by atoms with E-state index in [1.807, 2.05) is 26.1 Å². The molecule has 0 aliphatic rings. The van der Waals surface area contributed by atoms with Gasteiger partial charge in [-0.1, -0.05) is 32.9 Å². The lowest BCUT2D eigenvalue weighted by molar-refractivity contribution is 0.0914. The SMILES string of the molecule is CCOc1ccc(C(COCCC(C)(C)C)NC)cc1. The first-order valence-electron chi connectivity index (χ1n) is 7.44. The Hall–Kier alpha value is -1.06. The third kappa shape index (κ3) is 6.40. The summed E-state index contributed by atoms with van der Waals surface area (Å²) in [6.07, 6.45) is 1.08. The molecule has 3 heteroatoms. The Balaban J connectivity index is 2.45. The molecule has 3 nitrogen and oxygen atoms in total. The number of likely N-dealkylation sites (N-methyl/N-ethyl adjacent to an activating group) is 1. The summed E-state index contributed by atoms with van der Waals surface area (Å²) in [5.74, 6) is 0.916. The van der Waals surface area contributed by atoms with Crippen molar-refractivity contribution in [2.24, 2.45) is 5.41 Å². The van der Waals surface area contributed by atoms with Gasteiger partial charge < -0.3 is 14.8 Å². The molecule has 1 aromatic rings. The first-order valence-corrected chi connectivity index (χ1v) is 7.44. The summed E-state index contributed by atoms with van der Waals surface area (Å²) in [7, 11) is 1.97. The van der Waals surface area contributed by atoms with Crippen LogP contribution in [0.25, 0.3) is 0 Å². The van der Waals surface area contributed by atoms with Crippen LogP contribution in [-0.2, 0) is 4.74 Å². The Labute approximate surface area is 123 Å². The van der Waals surface area contributed by atoms with Crippen LogP contribution in [0.15, 0.2) is 24.3 Å². The Morgan fingerprint density at radius 2 is 1.80 bits per heavy atom. The number of hydrogen-bond acceptors (Lipinski definition) is 3. The lowest BCUT2D eigenvalue weighted by Gasteiger charge is -2.20. The van der Waals surface area contributed by atoms with E-state index in [0.29, 0.717) is 18.6 Å². The molecule has 0 amide bonds. The number of hydrogen-bond donors (Lipinski definition) is 1. The summed E-state index contributed by atoms with van der Waals surface area (Å²) in [5, 5.41) is 3.30. The Bertz CT molecular complexity index is 368. The monoisotopic (exact) mass is 279 g/mol. The molecule has 0 radical (unpaired) electrons. The van der Waals surface area contributed by atoms with Crippen LogP contribution in [0.5, 0.6) is 5.75 Å². The molecule has 1 aromatic carbocycles. The quantitative estimate of drug-likeness (QED) is 0.734. The molecule has 0 saturated carbocycles. The third-order valence-electron chi connectivity index (χ3n) is 3.22. The van der Waals surface area contributed by atoms with Gasteiger partial charge in [-0.05, 0) is 43.5 Å². The van der Waals surface area contributed by atoms with Crippen LogP contribution in [0, 0.1) is 5.41 Å². The van der Waals surface area contributed by atoms with E-state index in [4.69, 9.17) is 9.47 Å². The molecule has 1 unspecified atom stereocenters. The van der Waals surface area contributed by atoms with Crippen molar-refractivity contribution in [1.29, 1.82) is 0 Å². The van der Waals surface area contributed by atoms with E-state index in [1.54, 1.807) is 0 Å². The summed E-state index contributed by atoms with van der Waals surface area (Å²) in [4.78, 5) is 0. The molecule has 114 valence electrons. The van der Waals surface area contributed by atoms with Gasteiger partial charge in [-0.2, -0.15) is 0 Å². The van der Waals surface area contributed by atoms with Crippen LogP contribution in [0.3, 0.4) is 0 Å². The number of nitrogens with one attached hydrogen (secondary N) is 1. The Morgan fingerprint density at radius 3 is 2.30 bits per heavy atom. The van der Waals surface area contributed by atoms with Crippen molar-refractivity contribution >= 4 is 0 Å². The second kappa shape index (κ2) is 8.28. The van der Waals surface area contributed by atoms with Crippen molar-refractivity contribution in [3.05, 3.63) is 29.8 Å². The molecular formula is C17H29NO2. The van der Waals surface area contributed by atoms with Crippen molar-refractivity contribution in [2.45, 2.75) is 40.2 Å². The lowest BCUT2D eigenvalue weighted by atomic mass is 9.93. The molecule has 0 fully saturated rings. The molecule has 20 heavy (non-hydrogen) atoms. The van der Waals surface area contributed by atoms with Gasteiger partial charge in [0, 0.05) is 6.61 Å². The summed E-state index contributed by atoms with van der Waals surface area (Å²) >= 11 is 0. The van der Waals surface area contributed by atoms with Gasteiger partial charge in [-0.25, -0.2) is 0 Å². The summed E-state index contributed by atoms with van der Waals surface area (Å²) < 4.78 is 11.3. The number of rotatable bonds is 8. The summed E-state index contributed by atoms with van der Waals surface area (Å²) in [5.41, 5.74) is 1.56. The highest BCUT2D eigenvalue weighted by molar-refractivity contribution is 5.29. The molecule has 0 aromatic heterocycles. The van der Waals surface area contributed by atoms with E-state index in [9.17, 15) is 0 Å². The Morgan fingerprint density at radius 1 is 1.15 bits per heavy atom. The van der Waals surface area contributed by atoms with Gasteiger partial charge in [0.2, 0.25) is 0 Å². The fourth-order valence-electron chi connectivity index (χ4n) is 1.89. The second-order valence-electron chi connectivity index (χ2n) is 6.23. The first kappa shape index (κ1) is 17.0. The predicted molar refractivity (Wildman–Crippen MR) is 84.3 cm³/mol. The van der Waals surface area contributed by atoms with E-state index in [0.717, 1.165) is 18.8 Å². The molecule has 0 heterocycles. The van der Waals surface area contributed by atoms with Crippen molar-refractivity contribution in [3.8, 4) is 5.75 Å². The highest BCUT2D eigenvalue weighted by atomic mass is 16.5. The van der Waals surface area contributed by atoms with E-state index >= 15 is 0 Å². The minimum absolute atomic E-state index is 0.227. The zero-order chi connectivity index (χ0) is 15.0. The molecular weight excluding hydrogens is 250 g/mol. The van der Waals surface area contributed by atoms with E-state index in [-0.39, 0.29) is 6.04 Å². The van der Waals surface area contributed by atoms with Crippen molar-refractivity contribution in [2.75, 3.05) is 26.9 Å². The first-order chi connectivity index (χ1) is 9.46. The predicted octanol–water partition coefficient (Wildman–Crippen LogP) is 3.80. The van der Waals surface area contributed by atoms with E-state index in [1.165, 1.54) is 5.56 Å². The largest absolute Gasteiger partial charge is 0.494 e. The minimum atomic E-state index is 0.227. The molecule has 1 N–H and O–H groups in total. The van der Waals surface area contributed by atoms with Crippen LogP contribution < -0.4 is 10.1 Å². The highest BCUT2D eigenvalue weighted by Crippen LogP contribution is 2.20. The minimum Gasteiger partial charge on any atom is -0.494 e. The van der Waals surface area contributed by atoms with Crippen molar-refractivity contribution < 1.29 is 9.47 Å². The zero-order valence-corrected chi connectivity index (χ0v) is 13.5. The van der Waals surface area contributed by atoms with Crippen LogP contribution in [0.2, 0.25) is 0 Å². The van der Waals surface area contributed by atoms with E-state index in [2.05, 4.69) is 38.2 Å². The molecule has 0 spiro atoms. The average Bonchev–Trinajstić information content (AvgIpc) is 2.39. The molecule has 1 rings (SSSR count). The number of ether oxygens (including phenoxy) is 2. The van der Waals surface area contributed by atoms with Gasteiger partial charge >= 0.3 is 0 Å². The van der Waals surface area contributed by atoms with Gasteiger partial charge in [0.15, 0.2) is 0 Å². The van der Waals surface area contributed by atoms with Crippen LogP contribution >= 0.6 is 0 Å². The summed E-state index contributed by atoms with van der Waals surface area (Å²) in [6, 6.07) is 8.44. The van der Waals surface area contributed by atoms with Gasteiger partial charge in [0.25, 0.3) is 0 Å². The zero-order valence-electron chi connectivity index (χ0n) is 13.5. The maximum Gasteiger partial charge on any atom is 0.119 e. The van der Waals surface area contributed by atoms with Gasteiger partial charge in [0.05, 0.1) is 19.3 Å². The summed E-state index contributed by atoms with van der Waals surface area (Å²) in [6.45, 7) is 10.9. The smallest absolute Gasteiger partial charge is 0.119 e. The molecule has 1 atom stereocenters. The van der Waals surface area contributed by atoms with Crippen LogP contribution in [0.1, 0.15) is 45.7 Å². The fraction of sp³-hybridized carbons (Fsp3) is 0.647. The third-order valence-corrected chi connectivity index (χ3v) is 3.22. The van der Waals surface area contributed by atoms with Crippen molar-refractivity contribution in [3.63, 3.8) is 0 Å². The molecule has 0 aliphatic carbocycles. The van der Waals surface area contributed by atoms with E-state index < -0.39 is 0 Å². The normalized spacial score (nSPS) is 13.2. The standard InChI is InChI=1S/C17H29NO2/c1-6-20-15-9-7-14(8-10-15)16(18-5)13-19-12-11-17(2,3)4/h7-10,16,18H,6,11-13H2,1-5H3. The lowest BCUT2D eigenvalue weighted by Crippen LogP contribution is -2.22. The maximum atomic E-state index is 5.80. The highest BCUT2D eigenvalue weighted by Gasteiger charge is 2.12. The van der Waals surface area contributed by atoms with Crippen LogP contribution in [0.4, 0.5) is 0 Å². The fourth-order valence-corrected chi connectivity index (χ4v) is 1.89. The Kier molecular flexibility index (Phi) is 7.03. The molecule has 0 aliphatic heterocycles. The molecule has 0 saturated heterocycles. The van der Waals surface area contributed by atoms with Crippen molar-refractivity contribution in [1.82, 2.24) is 5.32 Å². The molecule has 0 bridgehead atoms. The average molecular weight is 279 g/mol. The second-order valence-corrected chi connectivity index (χ2v) is 6.23. The topological polar surface area (TPSA) is 30.5 Å². The number of benzene rings is 1.